The quantitative estimate of drug-likeness (QED) is 0.732. The van der Waals surface area contributed by atoms with Crippen molar-refractivity contribution >= 4 is 6.03 Å². The van der Waals surface area contributed by atoms with Crippen LogP contribution in [-0.2, 0) is 6.54 Å². The zero-order chi connectivity index (χ0) is 17.4. The van der Waals surface area contributed by atoms with E-state index < -0.39 is 0 Å². The molecule has 2 amide bonds. The Morgan fingerprint density at radius 1 is 1.21 bits per heavy atom. The number of aliphatic hydroxyl groups is 1. The lowest BCUT2D eigenvalue weighted by molar-refractivity contribution is 0.206. The van der Waals surface area contributed by atoms with Crippen LogP contribution in [0.4, 0.5) is 4.79 Å². The van der Waals surface area contributed by atoms with Crippen LogP contribution in [0.2, 0.25) is 0 Å². The number of carbonyl (C=O) groups is 1. The number of hydrogen-bond acceptors (Lipinski definition) is 3. The van der Waals surface area contributed by atoms with Gasteiger partial charge < -0.3 is 15.7 Å². The number of hydrogen-bond donors (Lipinski definition) is 3. The Balaban J connectivity index is 1.91. The van der Waals surface area contributed by atoms with Crippen LogP contribution in [0.15, 0.2) is 48.7 Å². The molecular formula is C19H25N3O2. The molecule has 5 nitrogen and oxygen atoms in total. The molecule has 0 radical (unpaired) electrons. The molecule has 1 atom stereocenters. The standard InChI is InChI=1S/C19H25N3O2/c1-14(2)10-17(13-23)22-19(24)21-12-15-6-5-7-16(11-15)18-8-3-4-9-20-18/h3-9,11,14,17,23H,10,12-13H2,1-2H3,(H2,21,22,24). The minimum absolute atomic E-state index is 0.0548. The number of carbonyl (C=O) groups excluding carboxylic acids is 1. The summed E-state index contributed by atoms with van der Waals surface area (Å²) in [7, 11) is 0. The molecule has 5 heteroatoms. The summed E-state index contributed by atoms with van der Waals surface area (Å²) in [5, 5.41) is 15.0. The maximum absolute atomic E-state index is 12.0. The molecule has 0 aliphatic heterocycles. The fourth-order valence-corrected chi connectivity index (χ4v) is 2.54. The predicted molar refractivity (Wildman–Crippen MR) is 95.4 cm³/mol. The van der Waals surface area contributed by atoms with Gasteiger partial charge in [0.05, 0.1) is 18.3 Å². The van der Waals surface area contributed by atoms with Gasteiger partial charge in [0.2, 0.25) is 0 Å². The molecule has 0 aliphatic rings. The molecule has 0 spiro atoms. The Bertz CT molecular complexity index is 644. The molecule has 2 rings (SSSR count). The Morgan fingerprint density at radius 2 is 2.04 bits per heavy atom. The fraction of sp³-hybridized carbons (Fsp3) is 0.368. The predicted octanol–water partition coefficient (Wildman–Crippen LogP) is 2.95. The van der Waals surface area contributed by atoms with Crippen molar-refractivity contribution in [1.29, 1.82) is 0 Å². The summed E-state index contributed by atoms with van der Waals surface area (Å²) in [6, 6.07) is 13.2. The van der Waals surface area contributed by atoms with Gasteiger partial charge in [0.1, 0.15) is 0 Å². The molecule has 0 saturated carbocycles. The van der Waals surface area contributed by atoms with E-state index in [4.69, 9.17) is 0 Å². The van der Waals surface area contributed by atoms with Gasteiger partial charge in [-0.15, -0.1) is 0 Å². The van der Waals surface area contributed by atoms with Gasteiger partial charge in [-0.25, -0.2) is 4.79 Å². The van der Waals surface area contributed by atoms with Crippen LogP contribution < -0.4 is 10.6 Å². The van der Waals surface area contributed by atoms with Gasteiger partial charge in [-0.3, -0.25) is 4.98 Å². The van der Waals surface area contributed by atoms with Crippen molar-refractivity contribution in [1.82, 2.24) is 15.6 Å². The highest BCUT2D eigenvalue weighted by molar-refractivity contribution is 5.74. The number of rotatable bonds is 7. The largest absolute Gasteiger partial charge is 0.394 e. The summed E-state index contributed by atoms with van der Waals surface area (Å²) in [5.41, 5.74) is 2.92. The molecule has 1 aromatic heterocycles. The van der Waals surface area contributed by atoms with Crippen molar-refractivity contribution < 1.29 is 9.90 Å². The summed E-state index contributed by atoms with van der Waals surface area (Å²) in [6.07, 6.45) is 2.51. The van der Waals surface area contributed by atoms with Crippen LogP contribution in [0.1, 0.15) is 25.8 Å². The lowest BCUT2D eigenvalue weighted by Crippen LogP contribution is -2.44. The molecule has 0 aliphatic carbocycles. The zero-order valence-corrected chi connectivity index (χ0v) is 14.2. The molecular weight excluding hydrogens is 302 g/mol. The number of nitrogens with one attached hydrogen (secondary N) is 2. The molecule has 1 aromatic carbocycles. The monoisotopic (exact) mass is 327 g/mol. The van der Waals surface area contributed by atoms with Gasteiger partial charge in [-0.2, -0.15) is 0 Å². The molecule has 3 N–H and O–H groups in total. The van der Waals surface area contributed by atoms with Crippen LogP contribution in [0, 0.1) is 5.92 Å². The smallest absolute Gasteiger partial charge is 0.315 e. The van der Waals surface area contributed by atoms with E-state index in [2.05, 4.69) is 29.5 Å². The van der Waals surface area contributed by atoms with Gasteiger partial charge in [0, 0.05) is 18.3 Å². The second-order valence-electron chi connectivity index (χ2n) is 6.25. The highest BCUT2D eigenvalue weighted by atomic mass is 16.3. The van der Waals surface area contributed by atoms with E-state index in [1.165, 1.54) is 0 Å². The summed E-state index contributed by atoms with van der Waals surface area (Å²) in [5.74, 6) is 0.414. The van der Waals surface area contributed by atoms with Crippen LogP contribution in [-0.4, -0.2) is 28.8 Å². The third-order valence-electron chi connectivity index (χ3n) is 3.65. The van der Waals surface area contributed by atoms with Gasteiger partial charge in [-0.1, -0.05) is 38.1 Å². The number of aromatic nitrogens is 1. The van der Waals surface area contributed by atoms with Gasteiger partial charge >= 0.3 is 6.03 Å². The average Bonchev–Trinajstić information content (AvgIpc) is 2.60. The maximum Gasteiger partial charge on any atom is 0.315 e. The zero-order valence-electron chi connectivity index (χ0n) is 14.2. The first kappa shape index (κ1) is 17.9. The van der Waals surface area contributed by atoms with Crippen molar-refractivity contribution in [3.63, 3.8) is 0 Å². The minimum atomic E-state index is -0.266. The van der Waals surface area contributed by atoms with E-state index in [0.717, 1.165) is 23.2 Å². The van der Waals surface area contributed by atoms with Crippen molar-refractivity contribution in [2.75, 3.05) is 6.61 Å². The number of benzene rings is 1. The second-order valence-corrected chi connectivity index (χ2v) is 6.25. The molecule has 0 fully saturated rings. The maximum atomic E-state index is 12.0. The number of aliphatic hydroxyl groups excluding tert-OH is 1. The van der Waals surface area contributed by atoms with Gasteiger partial charge in [0.25, 0.3) is 0 Å². The van der Waals surface area contributed by atoms with Gasteiger partial charge in [-0.05, 0) is 36.1 Å². The lowest BCUT2D eigenvalue weighted by Gasteiger charge is -2.18. The number of urea groups is 1. The van der Waals surface area contributed by atoms with Crippen molar-refractivity contribution in [2.24, 2.45) is 5.92 Å². The lowest BCUT2D eigenvalue weighted by atomic mass is 10.0. The average molecular weight is 327 g/mol. The Labute approximate surface area is 143 Å². The first-order chi connectivity index (χ1) is 11.6. The SMILES string of the molecule is CC(C)CC(CO)NC(=O)NCc1cccc(-c2ccccn2)c1. The fourth-order valence-electron chi connectivity index (χ4n) is 2.54. The van der Waals surface area contributed by atoms with E-state index in [1.54, 1.807) is 6.20 Å². The minimum Gasteiger partial charge on any atom is -0.394 e. The van der Waals surface area contributed by atoms with Crippen molar-refractivity contribution in [2.45, 2.75) is 32.9 Å². The Hall–Kier alpha value is -2.40. The Kier molecular flexibility index (Phi) is 6.75. The summed E-state index contributed by atoms with van der Waals surface area (Å²) in [6.45, 7) is 4.49. The Morgan fingerprint density at radius 3 is 2.71 bits per heavy atom. The summed E-state index contributed by atoms with van der Waals surface area (Å²) >= 11 is 0. The van der Waals surface area contributed by atoms with Crippen molar-refractivity contribution in [3.8, 4) is 11.3 Å². The summed E-state index contributed by atoms with van der Waals surface area (Å²) in [4.78, 5) is 16.3. The number of nitrogens with zero attached hydrogens (tertiary/aromatic N) is 1. The molecule has 2 aromatic rings. The first-order valence-electron chi connectivity index (χ1n) is 8.24. The van der Waals surface area contributed by atoms with Crippen LogP contribution >= 0.6 is 0 Å². The summed E-state index contributed by atoms with van der Waals surface area (Å²) < 4.78 is 0. The molecule has 0 saturated heterocycles. The first-order valence-corrected chi connectivity index (χ1v) is 8.24. The molecule has 24 heavy (non-hydrogen) atoms. The third kappa shape index (κ3) is 5.66. The normalized spacial score (nSPS) is 12.0. The topological polar surface area (TPSA) is 74.2 Å². The van der Waals surface area contributed by atoms with Crippen LogP contribution in [0.25, 0.3) is 11.3 Å². The van der Waals surface area contributed by atoms with E-state index >= 15 is 0 Å². The van der Waals surface area contributed by atoms with Crippen LogP contribution in [0.3, 0.4) is 0 Å². The van der Waals surface area contributed by atoms with E-state index in [0.29, 0.717) is 12.5 Å². The van der Waals surface area contributed by atoms with Crippen molar-refractivity contribution in [3.05, 3.63) is 54.2 Å². The molecule has 1 heterocycles. The second kappa shape index (κ2) is 9.03. The third-order valence-corrected chi connectivity index (χ3v) is 3.65. The van der Waals surface area contributed by atoms with E-state index in [9.17, 15) is 9.90 Å². The van der Waals surface area contributed by atoms with E-state index in [1.807, 2.05) is 42.5 Å². The molecule has 128 valence electrons. The highest BCUT2D eigenvalue weighted by Gasteiger charge is 2.12. The number of pyridine rings is 1. The molecule has 0 bridgehead atoms. The van der Waals surface area contributed by atoms with Gasteiger partial charge in [0.15, 0.2) is 0 Å². The van der Waals surface area contributed by atoms with Crippen LogP contribution in [0.5, 0.6) is 0 Å². The molecule has 1 unspecified atom stereocenters. The number of amides is 2. The highest BCUT2D eigenvalue weighted by Crippen LogP contribution is 2.17. The van der Waals surface area contributed by atoms with E-state index in [-0.39, 0.29) is 18.7 Å².